The van der Waals surface area contributed by atoms with Crippen LogP contribution in [0.25, 0.3) is 0 Å². The van der Waals surface area contributed by atoms with E-state index in [2.05, 4.69) is 15.0 Å². The van der Waals surface area contributed by atoms with Gasteiger partial charge in [-0.3, -0.25) is 14.5 Å². The van der Waals surface area contributed by atoms with Crippen molar-refractivity contribution in [2.75, 3.05) is 12.4 Å². The van der Waals surface area contributed by atoms with E-state index < -0.39 is 17.5 Å². The summed E-state index contributed by atoms with van der Waals surface area (Å²) in [5, 5.41) is 2.27. The van der Waals surface area contributed by atoms with Crippen molar-refractivity contribution in [1.82, 2.24) is 4.90 Å². The monoisotopic (exact) mass is 529 g/mol. The smallest absolute Gasteiger partial charge is 0.495 e. The molecular formula is C26H22F3N3O4S. The van der Waals surface area contributed by atoms with E-state index in [-0.39, 0.29) is 29.8 Å². The molecule has 4 rings (SSSR count). The molecule has 1 aliphatic rings. The van der Waals surface area contributed by atoms with E-state index in [1.165, 1.54) is 24.1 Å². The third-order valence-corrected chi connectivity index (χ3v) is 6.46. The van der Waals surface area contributed by atoms with Crippen molar-refractivity contribution in [3.8, 4) is 11.5 Å². The van der Waals surface area contributed by atoms with Crippen LogP contribution in [0.3, 0.4) is 0 Å². The first-order valence-corrected chi connectivity index (χ1v) is 12.0. The van der Waals surface area contributed by atoms with Gasteiger partial charge in [-0.25, -0.2) is 4.99 Å². The summed E-state index contributed by atoms with van der Waals surface area (Å²) < 4.78 is 46.7. The van der Waals surface area contributed by atoms with E-state index in [0.29, 0.717) is 17.1 Å². The SMILES string of the molecule is COc1ccccc1NC(=O)C1CC(=O)N(Cc2ccccc2)C(=Nc2ccc(OC(F)(F)F)cc2)S1. The summed E-state index contributed by atoms with van der Waals surface area (Å²) in [6.07, 6.45) is -4.87. The van der Waals surface area contributed by atoms with Gasteiger partial charge < -0.3 is 14.8 Å². The van der Waals surface area contributed by atoms with Gasteiger partial charge in [0.1, 0.15) is 16.7 Å². The van der Waals surface area contributed by atoms with Crippen LogP contribution in [0.4, 0.5) is 24.5 Å². The van der Waals surface area contributed by atoms with Crippen LogP contribution in [-0.2, 0) is 16.1 Å². The number of alkyl halides is 3. The Balaban J connectivity index is 1.59. The molecule has 1 atom stereocenters. The third-order valence-electron chi connectivity index (χ3n) is 5.28. The second-order valence-corrected chi connectivity index (χ2v) is 9.07. The number of anilines is 1. The number of nitrogens with zero attached hydrogens (tertiary/aromatic N) is 2. The number of aliphatic imine (C=N–C) groups is 1. The predicted octanol–water partition coefficient (Wildman–Crippen LogP) is 5.75. The second-order valence-electron chi connectivity index (χ2n) is 7.90. The number of nitrogens with one attached hydrogen (secondary N) is 1. The molecule has 1 unspecified atom stereocenters. The van der Waals surface area contributed by atoms with Crippen LogP contribution in [0.5, 0.6) is 11.5 Å². The summed E-state index contributed by atoms with van der Waals surface area (Å²) in [6, 6.07) is 21.1. The second kappa shape index (κ2) is 11.4. The predicted molar refractivity (Wildman–Crippen MR) is 135 cm³/mol. The molecule has 1 fully saturated rings. The maximum atomic E-state index is 13.2. The fourth-order valence-electron chi connectivity index (χ4n) is 3.56. The number of halogens is 3. The number of benzene rings is 3. The van der Waals surface area contributed by atoms with Gasteiger partial charge in [0.15, 0.2) is 5.17 Å². The van der Waals surface area contributed by atoms with E-state index >= 15 is 0 Å². The Morgan fingerprint density at radius 1 is 1.05 bits per heavy atom. The maximum Gasteiger partial charge on any atom is 0.573 e. The summed E-state index contributed by atoms with van der Waals surface area (Å²) in [5.41, 5.74) is 1.62. The zero-order valence-electron chi connectivity index (χ0n) is 19.6. The van der Waals surface area contributed by atoms with Crippen molar-refractivity contribution in [2.45, 2.75) is 24.6 Å². The van der Waals surface area contributed by atoms with Gasteiger partial charge in [-0.05, 0) is 42.0 Å². The lowest BCUT2D eigenvalue weighted by atomic mass is 10.2. The Morgan fingerprint density at radius 3 is 2.41 bits per heavy atom. The molecule has 2 amide bonds. The first-order chi connectivity index (χ1) is 17.7. The minimum atomic E-state index is -4.81. The highest BCUT2D eigenvalue weighted by Gasteiger charge is 2.36. The number of ether oxygens (including phenoxy) is 2. The Morgan fingerprint density at radius 2 is 1.73 bits per heavy atom. The summed E-state index contributed by atoms with van der Waals surface area (Å²) in [6.45, 7) is 0.224. The zero-order valence-corrected chi connectivity index (χ0v) is 20.4. The molecule has 0 spiro atoms. The lowest BCUT2D eigenvalue weighted by Crippen LogP contribution is -2.44. The lowest BCUT2D eigenvalue weighted by molar-refractivity contribution is -0.274. The number of hydrogen-bond acceptors (Lipinski definition) is 6. The van der Waals surface area contributed by atoms with E-state index in [1.54, 1.807) is 24.3 Å². The summed E-state index contributed by atoms with van der Waals surface area (Å²) in [4.78, 5) is 32.2. The fraction of sp³-hybridized carbons (Fsp3) is 0.192. The number of rotatable bonds is 7. The molecule has 0 aromatic heterocycles. The van der Waals surface area contributed by atoms with Crippen molar-refractivity contribution in [3.05, 3.63) is 84.4 Å². The summed E-state index contributed by atoms with van der Waals surface area (Å²) in [5.74, 6) is -0.620. The van der Waals surface area contributed by atoms with Crippen LogP contribution in [0.1, 0.15) is 12.0 Å². The van der Waals surface area contributed by atoms with E-state index in [0.717, 1.165) is 29.5 Å². The molecule has 0 radical (unpaired) electrons. The van der Waals surface area contributed by atoms with Crippen LogP contribution in [0.15, 0.2) is 83.9 Å². The quantitative estimate of drug-likeness (QED) is 0.421. The van der Waals surface area contributed by atoms with E-state index in [4.69, 9.17) is 4.74 Å². The molecule has 1 aliphatic heterocycles. The van der Waals surface area contributed by atoms with Crippen LogP contribution in [0.2, 0.25) is 0 Å². The first kappa shape index (κ1) is 26.1. The highest BCUT2D eigenvalue weighted by molar-refractivity contribution is 8.15. The molecule has 11 heteroatoms. The Bertz CT molecular complexity index is 1280. The molecule has 1 heterocycles. The topological polar surface area (TPSA) is 80.2 Å². The van der Waals surface area contributed by atoms with Gasteiger partial charge in [0.25, 0.3) is 0 Å². The van der Waals surface area contributed by atoms with E-state index in [9.17, 15) is 22.8 Å². The van der Waals surface area contributed by atoms with Crippen molar-refractivity contribution < 1.29 is 32.2 Å². The normalized spacial score (nSPS) is 17.0. The van der Waals surface area contributed by atoms with Crippen molar-refractivity contribution in [3.63, 3.8) is 0 Å². The minimum absolute atomic E-state index is 0.0597. The molecule has 0 saturated carbocycles. The molecular weight excluding hydrogens is 507 g/mol. The van der Waals surface area contributed by atoms with Crippen molar-refractivity contribution in [1.29, 1.82) is 0 Å². The maximum absolute atomic E-state index is 13.2. The fourth-order valence-corrected chi connectivity index (χ4v) is 4.65. The van der Waals surface area contributed by atoms with Crippen molar-refractivity contribution in [2.24, 2.45) is 4.99 Å². The largest absolute Gasteiger partial charge is 0.573 e. The van der Waals surface area contributed by atoms with E-state index in [1.807, 2.05) is 30.3 Å². The number of para-hydroxylation sites is 2. The minimum Gasteiger partial charge on any atom is -0.495 e. The van der Waals surface area contributed by atoms with Crippen LogP contribution < -0.4 is 14.8 Å². The summed E-state index contributed by atoms with van der Waals surface area (Å²) >= 11 is 1.10. The number of amidine groups is 1. The molecule has 0 bridgehead atoms. The average Bonchev–Trinajstić information content (AvgIpc) is 2.87. The van der Waals surface area contributed by atoms with Gasteiger partial charge in [-0.1, -0.05) is 54.2 Å². The van der Waals surface area contributed by atoms with Gasteiger partial charge in [0, 0.05) is 6.42 Å². The summed E-state index contributed by atoms with van der Waals surface area (Å²) in [7, 11) is 1.49. The zero-order chi connectivity index (χ0) is 26.4. The number of amides is 2. The highest BCUT2D eigenvalue weighted by atomic mass is 32.2. The average molecular weight is 530 g/mol. The molecule has 192 valence electrons. The molecule has 1 N–H and O–H groups in total. The number of carbonyl (C=O) groups is 2. The number of hydrogen-bond donors (Lipinski definition) is 1. The highest BCUT2D eigenvalue weighted by Crippen LogP contribution is 2.33. The van der Waals surface area contributed by atoms with Gasteiger partial charge in [0.05, 0.1) is 25.0 Å². The standard InChI is InChI=1S/C26H22F3N3O4S/c1-35-21-10-6-5-9-20(21)31-24(34)22-15-23(33)32(16-17-7-3-2-4-8-17)25(37-22)30-18-11-13-19(14-12-18)36-26(27,28)29/h2-14,22H,15-16H2,1H3,(H,31,34). The molecule has 7 nitrogen and oxygen atoms in total. The molecule has 1 saturated heterocycles. The molecule has 3 aromatic rings. The van der Waals surface area contributed by atoms with Gasteiger partial charge >= 0.3 is 6.36 Å². The number of carbonyl (C=O) groups excluding carboxylic acids is 2. The number of methoxy groups -OCH3 is 1. The number of thioether (sulfide) groups is 1. The van der Waals surface area contributed by atoms with Crippen LogP contribution in [-0.4, -0.2) is 40.6 Å². The molecule has 37 heavy (non-hydrogen) atoms. The van der Waals surface area contributed by atoms with Crippen LogP contribution in [0, 0.1) is 0 Å². The Hall–Kier alpha value is -3.99. The van der Waals surface area contributed by atoms with Crippen LogP contribution >= 0.6 is 11.8 Å². The Kier molecular flexibility index (Phi) is 8.02. The third kappa shape index (κ3) is 7.04. The molecule has 3 aromatic carbocycles. The van der Waals surface area contributed by atoms with Gasteiger partial charge in [-0.15, -0.1) is 13.2 Å². The first-order valence-electron chi connectivity index (χ1n) is 11.1. The van der Waals surface area contributed by atoms with Gasteiger partial charge in [-0.2, -0.15) is 0 Å². The molecule has 0 aliphatic carbocycles. The lowest BCUT2D eigenvalue weighted by Gasteiger charge is -2.32. The Labute approximate surface area is 215 Å². The van der Waals surface area contributed by atoms with Gasteiger partial charge in [0.2, 0.25) is 11.8 Å². The van der Waals surface area contributed by atoms with Crippen molar-refractivity contribution >= 4 is 40.1 Å².